The van der Waals surface area contributed by atoms with Crippen LogP contribution in [0.3, 0.4) is 0 Å². The van der Waals surface area contributed by atoms with Gasteiger partial charge in [-0.1, -0.05) is 48.8 Å². The highest BCUT2D eigenvalue weighted by atomic mass is 79.9. The van der Waals surface area contributed by atoms with Crippen molar-refractivity contribution in [2.24, 2.45) is 0 Å². The Morgan fingerprint density at radius 2 is 2.05 bits per heavy atom. The van der Waals surface area contributed by atoms with E-state index in [9.17, 15) is 0 Å². The molecular weight excluding hydrogens is 314 g/mol. The lowest BCUT2D eigenvalue weighted by molar-refractivity contribution is 0.844. The second kappa shape index (κ2) is 6.84. The summed E-state index contributed by atoms with van der Waals surface area (Å²) in [5, 5.41) is 3.41. The van der Waals surface area contributed by atoms with E-state index in [0.29, 0.717) is 5.92 Å². The van der Waals surface area contributed by atoms with Crippen LogP contribution < -0.4 is 5.32 Å². The van der Waals surface area contributed by atoms with E-state index in [2.05, 4.69) is 64.1 Å². The van der Waals surface area contributed by atoms with Crippen LogP contribution in [0.5, 0.6) is 0 Å². The zero-order chi connectivity index (χ0) is 14.5. The maximum Gasteiger partial charge on any atom is 0.133 e. The van der Waals surface area contributed by atoms with Gasteiger partial charge in [-0.2, -0.15) is 0 Å². The van der Waals surface area contributed by atoms with Gasteiger partial charge in [-0.15, -0.1) is 0 Å². The van der Waals surface area contributed by atoms with Crippen molar-refractivity contribution in [2.45, 2.75) is 33.1 Å². The highest BCUT2D eigenvalue weighted by Gasteiger charge is 2.16. The van der Waals surface area contributed by atoms with Gasteiger partial charge in [0.1, 0.15) is 12.1 Å². The molecule has 0 unspecified atom stereocenters. The molecule has 1 aromatic heterocycles. The van der Waals surface area contributed by atoms with Crippen LogP contribution >= 0.6 is 15.9 Å². The summed E-state index contributed by atoms with van der Waals surface area (Å²) < 4.78 is 1.06. The van der Waals surface area contributed by atoms with E-state index in [1.807, 2.05) is 12.1 Å². The van der Waals surface area contributed by atoms with Crippen molar-refractivity contribution in [3.05, 3.63) is 40.6 Å². The highest BCUT2D eigenvalue weighted by molar-refractivity contribution is 9.10. The molecule has 0 radical (unpaired) electrons. The van der Waals surface area contributed by atoms with Crippen LogP contribution in [0.2, 0.25) is 0 Å². The Morgan fingerprint density at radius 1 is 1.25 bits per heavy atom. The predicted octanol–water partition coefficient (Wildman–Crippen LogP) is 4.85. The van der Waals surface area contributed by atoms with Crippen molar-refractivity contribution in [3.63, 3.8) is 0 Å². The van der Waals surface area contributed by atoms with E-state index in [1.165, 1.54) is 5.56 Å². The van der Waals surface area contributed by atoms with Gasteiger partial charge in [0, 0.05) is 22.1 Å². The number of hydrogen-bond donors (Lipinski definition) is 1. The molecule has 1 N–H and O–H groups in total. The molecule has 0 atom stereocenters. The average molecular weight is 334 g/mol. The Hall–Kier alpha value is -1.42. The van der Waals surface area contributed by atoms with Gasteiger partial charge < -0.3 is 5.32 Å². The number of hydrogen-bond acceptors (Lipinski definition) is 3. The Kier molecular flexibility index (Phi) is 5.12. The molecule has 4 heteroatoms. The quantitative estimate of drug-likeness (QED) is 0.849. The Morgan fingerprint density at radius 3 is 2.70 bits per heavy atom. The summed E-state index contributed by atoms with van der Waals surface area (Å²) >= 11 is 3.52. The summed E-state index contributed by atoms with van der Waals surface area (Å²) in [5.41, 5.74) is 3.30. The van der Waals surface area contributed by atoms with Crippen molar-refractivity contribution in [3.8, 4) is 11.3 Å². The average Bonchev–Trinajstić information content (AvgIpc) is 2.44. The molecule has 0 aliphatic heterocycles. The number of benzene rings is 1. The molecule has 0 aliphatic rings. The Bertz CT molecular complexity index is 582. The lowest BCUT2D eigenvalue weighted by Gasteiger charge is -2.17. The number of nitrogens with zero attached hydrogens (tertiary/aromatic N) is 2. The monoisotopic (exact) mass is 333 g/mol. The molecule has 20 heavy (non-hydrogen) atoms. The number of nitrogens with one attached hydrogen (secondary N) is 1. The van der Waals surface area contributed by atoms with Crippen molar-refractivity contribution in [1.82, 2.24) is 9.97 Å². The summed E-state index contributed by atoms with van der Waals surface area (Å²) in [4.78, 5) is 8.92. The molecular formula is C16H20BrN3. The van der Waals surface area contributed by atoms with E-state index in [4.69, 9.17) is 0 Å². The first-order valence-corrected chi connectivity index (χ1v) is 7.77. The van der Waals surface area contributed by atoms with E-state index >= 15 is 0 Å². The molecule has 0 amide bonds. The van der Waals surface area contributed by atoms with Crippen LogP contribution in [0.1, 0.15) is 38.7 Å². The molecule has 0 fully saturated rings. The number of rotatable bonds is 5. The fourth-order valence-corrected chi connectivity index (χ4v) is 2.59. The standard InChI is InChI=1S/C16H20BrN3/c1-4-8-18-16-14(11(2)3)15(19-10-20-16)12-6-5-7-13(17)9-12/h5-7,9-11H,4,8H2,1-3H3,(H,18,19,20). The summed E-state index contributed by atoms with van der Waals surface area (Å²) in [6, 6.07) is 8.24. The second-order valence-electron chi connectivity index (χ2n) is 5.08. The number of halogens is 1. The Labute approximate surface area is 129 Å². The summed E-state index contributed by atoms with van der Waals surface area (Å²) in [5.74, 6) is 1.32. The lowest BCUT2D eigenvalue weighted by atomic mass is 9.97. The van der Waals surface area contributed by atoms with Gasteiger partial charge in [0.2, 0.25) is 0 Å². The first-order valence-electron chi connectivity index (χ1n) is 6.98. The molecule has 0 aliphatic carbocycles. The molecule has 0 saturated carbocycles. The summed E-state index contributed by atoms with van der Waals surface area (Å²) in [6.07, 6.45) is 2.72. The minimum Gasteiger partial charge on any atom is -0.370 e. The topological polar surface area (TPSA) is 37.8 Å². The number of aromatic nitrogens is 2. The third-order valence-electron chi connectivity index (χ3n) is 3.10. The third kappa shape index (κ3) is 3.37. The maximum absolute atomic E-state index is 4.51. The maximum atomic E-state index is 4.51. The second-order valence-corrected chi connectivity index (χ2v) is 5.99. The van der Waals surface area contributed by atoms with Crippen LogP contribution in [-0.4, -0.2) is 16.5 Å². The van der Waals surface area contributed by atoms with E-state index in [0.717, 1.165) is 34.5 Å². The fraction of sp³-hybridized carbons (Fsp3) is 0.375. The highest BCUT2D eigenvalue weighted by Crippen LogP contribution is 2.32. The van der Waals surface area contributed by atoms with Gasteiger partial charge in [0.25, 0.3) is 0 Å². The molecule has 0 bridgehead atoms. The van der Waals surface area contributed by atoms with Gasteiger partial charge in [0.15, 0.2) is 0 Å². The van der Waals surface area contributed by atoms with Crippen LogP contribution in [0.25, 0.3) is 11.3 Å². The molecule has 0 spiro atoms. The molecule has 106 valence electrons. The first-order chi connectivity index (χ1) is 9.63. The fourth-order valence-electron chi connectivity index (χ4n) is 2.19. The van der Waals surface area contributed by atoms with Crippen molar-refractivity contribution >= 4 is 21.7 Å². The minimum atomic E-state index is 0.365. The largest absolute Gasteiger partial charge is 0.370 e. The van der Waals surface area contributed by atoms with Crippen LogP contribution in [0.15, 0.2) is 35.1 Å². The minimum absolute atomic E-state index is 0.365. The van der Waals surface area contributed by atoms with Crippen LogP contribution in [-0.2, 0) is 0 Å². The zero-order valence-electron chi connectivity index (χ0n) is 12.2. The van der Waals surface area contributed by atoms with Gasteiger partial charge >= 0.3 is 0 Å². The summed E-state index contributed by atoms with van der Waals surface area (Å²) in [6.45, 7) is 7.43. The van der Waals surface area contributed by atoms with Gasteiger partial charge in [-0.25, -0.2) is 9.97 Å². The molecule has 0 saturated heterocycles. The third-order valence-corrected chi connectivity index (χ3v) is 3.60. The van der Waals surface area contributed by atoms with Crippen LogP contribution in [0.4, 0.5) is 5.82 Å². The van der Waals surface area contributed by atoms with Crippen molar-refractivity contribution in [1.29, 1.82) is 0 Å². The molecule has 1 heterocycles. The van der Waals surface area contributed by atoms with E-state index < -0.39 is 0 Å². The van der Waals surface area contributed by atoms with Gasteiger partial charge in [-0.05, 0) is 24.5 Å². The lowest BCUT2D eigenvalue weighted by Crippen LogP contribution is -2.08. The zero-order valence-corrected chi connectivity index (χ0v) is 13.7. The number of anilines is 1. The van der Waals surface area contributed by atoms with E-state index in [-0.39, 0.29) is 0 Å². The Balaban J connectivity index is 2.52. The van der Waals surface area contributed by atoms with Crippen LogP contribution in [0, 0.1) is 0 Å². The molecule has 2 aromatic rings. The van der Waals surface area contributed by atoms with Crippen molar-refractivity contribution in [2.75, 3.05) is 11.9 Å². The normalized spacial score (nSPS) is 10.8. The predicted molar refractivity (Wildman–Crippen MR) is 88.0 cm³/mol. The van der Waals surface area contributed by atoms with Gasteiger partial charge in [-0.3, -0.25) is 0 Å². The molecule has 2 rings (SSSR count). The van der Waals surface area contributed by atoms with E-state index in [1.54, 1.807) is 6.33 Å². The first kappa shape index (κ1) is 15.0. The van der Waals surface area contributed by atoms with Crippen molar-refractivity contribution < 1.29 is 0 Å². The molecule has 1 aromatic carbocycles. The summed E-state index contributed by atoms with van der Waals surface area (Å²) in [7, 11) is 0. The smallest absolute Gasteiger partial charge is 0.133 e. The van der Waals surface area contributed by atoms with Gasteiger partial charge in [0.05, 0.1) is 5.69 Å². The SMILES string of the molecule is CCCNc1ncnc(-c2cccc(Br)c2)c1C(C)C. The molecule has 3 nitrogen and oxygen atoms in total.